The van der Waals surface area contributed by atoms with Gasteiger partial charge in [0.05, 0.1) is 0 Å². The third kappa shape index (κ3) is 1.77. The SMILES string of the molecule is CC1(C)OC(=O)C(=C(O)C2CCC2)C(=O)O1. The van der Waals surface area contributed by atoms with E-state index in [2.05, 4.69) is 0 Å². The molecule has 0 spiro atoms. The Morgan fingerprint density at radius 2 is 1.75 bits per heavy atom. The summed E-state index contributed by atoms with van der Waals surface area (Å²) < 4.78 is 9.79. The highest BCUT2D eigenvalue weighted by molar-refractivity contribution is 6.15. The lowest BCUT2D eigenvalue weighted by molar-refractivity contribution is -0.222. The maximum absolute atomic E-state index is 11.6. The molecule has 5 heteroatoms. The maximum Gasteiger partial charge on any atom is 0.352 e. The van der Waals surface area contributed by atoms with E-state index in [1.54, 1.807) is 0 Å². The fourth-order valence-corrected chi connectivity index (χ4v) is 1.75. The van der Waals surface area contributed by atoms with E-state index in [-0.39, 0.29) is 17.3 Å². The van der Waals surface area contributed by atoms with E-state index in [1.165, 1.54) is 13.8 Å². The number of hydrogen-bond acceptors (Lipinski definition) is 5. The number of allylic oxidation sites excluding steroid dienone is 1. The van der Waals surface area contributed by atoms with Crippen LogP contribution in [0.3, 0.4) is 0 Å². The Bertz CT molecular complexity index is 354. The first-order valence-electron chi connectivity index (χ1n) is 5.30. The molecule has 2 rings (SSSR count). The van der Waals surface area contributed by atoms with Crippen LogP contribution >= 0.6 is 0 Å². The number of carbonyl (C=O) groups is 2. The number of aliphatic hydroxyl groups excluding tert-OH is 1. The van der Waals surface area contributed by atoms with Crippen molar-refractivity contribution in [2.45, 2.75) is 38.9 Å². The number of aliphatic hydroxyl groups is 1. The summed E-state index contributed by atoms with van der Waals surface area (Å²) in [5.74, 6) is -3.14. The Hall–Kier alpha value is -1.52. The van der Waals surface area contributed by atoms with Gasteiger partial charge in [0.2, 0.25) is 0 Å². The second kappa shape index (κ2) is 3.50. The average molecular weight is 226 g/mol. The summed E-state index contributed by atoms with van der Waals surface area (Å²) in [7, 11) is 0. The van der Waals surface area contributed by atoms with Gasteiger partial charge in [-0.15, -0.1) is 0 Å². The lowest BCUT2D eigenvalue weighted by atomic mass is 9.82. The molecule has 0 atom stereocenters. The highest BCUT2D eigenvalue weighted by Gasteiger charge is 2.42. The number of esters is 2. The van der Waals surface area contributed by atoms with Crippen molar-refractivity contribution in [2.24, 2.45) is 5.92 Å². The molecule has 0 aromatic rings. The van der Waals surface area contributed by atoms with Gasteiger partial charge in [-0.25, -0.2) is 9.59 Å². The lowest BCUT2D eigenvalue weighted by Crippen LogP contribution is -2.43. The Kier molecular flexibility index (Phi) is 2.40. The van der Waals surface area contributed by atoms with Crippen LogP contribution in [0.25, 0.3) is 0 Å². The van der Waals surface area contributed by atoms with Crippen LogP contribution in [-0.2, 0) is 19.1 Å². The number of ether oxygens (including phenoxy) is 2. The van der Waals surface area contributed by atoms with Crippen molar-refractivity contribution in [3.8, 4) is 0 Å². The second-order valence-electron chi connectivity index (χ2n) is 4.57. The molecule has 1 saturated carbocycles. The zero-order valence-electron chi connectivity index (χ0n) is 9.28. The molecule has 1 N–H and O–H groups in total. The molecule has 0 unspecified atom stereocenters. The highest BCUT2D eigenvalue weighted by atomic mass is 16.7. The molecule has 2 fully saturated rings. The summed E-state index contributed by atoms with van der Waals surface area (Å²) in [4.78, 5) is 23.1. The van der Waals surface area contributed by atoms with Crippen molar-refractivity contribution in [3.05, 3.63) is 11.3 Å². The van der Waals surface area contributed by atoms with Crippen molar-refractivity contribution < 1.29 is 24.2 Å². The molecule has 0 bridgehead atoms. The van der Waals surface area contributed by atoms with E-state index in [9.17, 15) is 14.7 Å². The third-order valence-electron chi connectivity index (χ3n) is 2.83. The second-order valence-corrected chi connectivity index (χ2v) is 4.57. The molecule has 2 aliphatic rings. The van der Waals surface area contributed by atoms with Crippen molar-refractivity contribution in [3.63, 3.8) is 0 Å². The first-order valence-corrected chi connectivity index (χ1v) is 5.30. The zero-order valence-corrected chi connectivity index (χ0v) is 9.28. The Labute approximate surface area is 93.0 Å². The van der Waals surface area contributed by atoms with Crippen molar-refractivity contribution in [1.82, 2.24) is 0 Å². The van der Waals surface area contributed by atoms with E-state index >= 15 is 0 Å². The zero-order chi connectivity index (χ0) is 11.9. The Morgan fingerprint density at radius 1 is 1.25 bits per heavy atom. The van der Waals surface area contributed by atoms with Gasteiger partial charge in [0.15, 0.2) is 5.57 Å². The summed E-state index contributed by atoms with van der Waals surface area (Å²) in [6.45, 7) is 2.94. The fourth-order valence-electron chi connectivity index (χ4n) is 1.75. The van der Waals surface area contributed by atoms with Crippen LogP contribution in [0.1, 0.15) is 33.1 Å². The van der Waals surface area contributed by atoms with Crippen molar-refractivity contribution in [2.75, 3.05) is 0 Å². The van der Waals surface area contributed by atoms with E-state index in [0.717, 1.165) is 19.3 Å². The molecular weight excluding hydrogens is 212 g/mol. The molecule has 1 heterocycles. The predicted molar refractivity (Wildman–Crippen MR) is 53.3 cm³/mol. The van der Waals surface area contributed by atoms with Gasteiger partial charge in [-0.3, -0.25) is 0 Å². The molecule has 0 aromatic heterocycles. The lowest BCUT2D eigenvalue weighted by Gasteiger charge is -2.32. The van der Waals surface area contributed by atoms with Crippen LogP contribution in [0.5, 0.6) is 0 Å². The number of hydrogen-bond donors (Lipinski definition) is 1. The molecule has 0 amide bonds. The molecule has 1 saturated heterocycles. The molecule has 5 nitrogen and oxygen atoms in total. The summed E-state index contributed by atoms with van der Waals surface area (Å²) in [6, 6.07) is 0. The van der Waals surface area contributed by atoms with Crippen molar-refractivity contribution in [1.29, 1.82) is 0 Å². The van der Waals surface area contributed by atoms with Crippen LogP contribution in [0.2, 0.25) is 0 Å². The van der Waals surface area contributed by atoms with Gasteiger partial charge in [-0.1, -0.05) is 6.42 Å². The van der Waals surface area contributed by atoms with Gasteiger partial charge < -0.3 is 14.6 Å². The van der Waals surface area contributed by atoms with Gasteiger partial charge in [-0.2, -0.15) is 0 Å². The predicted octanol–water partition coefficient (Wildman–Crippen LogP) is 1.43. The van der Waals surface area contributed by atoms with Gasteiger partial charge >= 0.3 is 11.9 Å². The average Bonchev–Trinajstić information content (AvgIpc) is 1.94. The van der Waals surface area contributed by atoms with E-state index in [0.29, 0.717) is 0 Å². The quantitative estimate of drug-likeness (QED) is 0.317. The largest absolute Gasteiger partial charge is 0.511 e. The summed E-state index contributed by atoms with van der Waals surface area (Å²) in [5, 5.41) is 9.78. The minimum atomic E-state index is -1.25. The Morgan fingerprint density at radius 3 is 2.12 bits per heavy atom. The minimum Gasteiger partial charge on any atom is -0.511 e. The molecule has 0 radical (unpaired) electrons. The number of carbonyl (C=O) groups excluding carboxylic acids is 2. The summed E-state index contributed by atoms with van der Waals surface area (Å²) in [6.07, 6.45) is 2.58. The minimum absolute atomic E-state index is 0.101. The fraction of sp³-hybridized carbons (Fsp3) is 0.636. The smallest absolute Gasteiger partial charge is 0.352 e. The first-order chi connectivity index (χ1) is 7.41. The molecule has 1 aliphatic heterocycles. The van der Waals surface area contributed by atoms with Crippen LogP contribution in [0, 0.1) is 5.92 Å². The molecule has 16 heavy (non-hydrogen) atoms. The number of rotatable bonds is 1. The monoisotopic (exact) mass is 226 g/mol. The molecular formula is C11H14O5. The van der Waals surface area contributed by atoms with Gasteiger partial charge in [0.1, 0.15) is 5.76 Å². The summed E-state index contributed by atoms with van der Waals surface area (Å²) >= 11 is 0. The topological polar surface area (TPSA) is 72.8 Å². The van der Waals surface area contributed by atoms with E-state index in [1.807, 2.05) is 0 Å². The van der Waals surface area contributed by atoms with Gasteiger partial charge in [-0.05, 0) is 12.8 Å². The van der Waals surface area contributed by atoms with E-state index < -0.39 is 17.7 Å². The van der Waals surface area contributed by atoms with Crippen LogP contribution < -0.4 is 0 Å². The van der Waals surface area contributed by atoms with Gasteiger partial charge in [0, 0.05) is 19.8 Å². The standard InChI is InChI=1S/C11H14O5/c1-11(2)15-9(13)7(10(14)16-11)8(12)6-4-3-5-6/h6,12H,3-5H2,1-2H3. The van der Waals surface area contributed by atoms with E-state index in [4.69, 9.17) is 9.47 Å². The molecule has 0 aromatic carbocycles. The van der Waals surface area contributed by atoms with Gasteiger partial charge in [0.25, 0.3) is 5.79 Å². The van der Waals surface area contributed by atoms with Crippen LogP contribution in [0.15, 0.2) is 11.3 Å². The summed E-state index contributed by atoms with van der Waals surface area (Å²) in [5.41, 5.74) is -0.343. The van der Waals surface area contributed by atoms with Crippen LogP contribution in [-0.4, -0.2) is 22.8 Å². The molecule has 88 valence electrons. The maximum atomic E-state index is 11.6. The Balaban J connectivity index is 2.28. The van der Waals surface area contributed by atoms with Crippen LogP contribution in [0.4, 0.5) is 0 Å². The van der Waals surface area contributed by atoms with Crippen molar-refractivity contribution >= 4 is 11.9 Å². The first kappa shape index (κ1) is 11.0. The highest BCUT2D eigenvalue weighted by Crippen LogP contribution is 2.35. The normalized spacial score (nSPS) is 24.5. The molecule has 1 aliphatic carbocycles. The third-order valence-corrected chi connectivity index (χ3v) is 2.83. The number of cyclic esters (lactones) is 2.